The van der Waals surface area contributed by atoms with Crippen LogP contribution in [0.5, 0.6) is 0 Å². The van der Waals surface area contributed by atoms with Crippen LogP contribution in [0.3, 0.4) is 0 Å². The Hall–Kier alpha value is -0.700. The fraction of sp³-hybridized carbons (Fsp3) is 0.938. The van der Waals surface area contributed by atoms with Gasteiger partial charge >= 0.3 is 0 Å². The second-order valence-corrected chi connectivity index (χ2v) is 9.52. The molecule has 1 spiro atoms. The molecule has 0 radical (unpaired) electrons. The normalized spacial score (nSPS) is 23.0. The smallest absolute Gasteiger partial charge is 0.236 e. The molecule has 24 heavy (non-hydrogen) atoms. The van der Waals surface area contributed by atoms with E-state index in [1.54, 1.807) is 0 Å². The number of carbonyl (C=O) groups is 1. The maximum absolute atomic E-state index is 12.4. The first-order chi connectivity index (χ1) is 11.1. The number of piperidine rings is 1. The third-order valence-electron chi connectivity index (χ3n) is 5.32. The Labute approximate surface area is 146 Å². The summed E-state index contributed by atoms with van der Waals surface area (Å²) in [6.07, 6.45) is 2.83. The van der Waals surface area contributed by atoms with E-state index in [-0.39, 0.29) is 11.3 Å². The fourth-order valence-electron chi connectivity index (χ4n) is 3.27. The van der Waals surface area contributed by atoms with E-state index in [9.17, 15) is 13.2 Å². The molecule has 0 bridgehead atoms. The van der Waals surface area contributed by atoms with Gasteiger partial charge in [-0.2, -0.15) is 4.31 Å². The van der Waals surface area contributed by atoms with Gasteiger partial charge in [0.15, 0.2) is 0 Å². The number of amides is 1. The van der Waals surface area contributed by atoms with E-state index >= 15 is 0 Å². The average molecular weight is 362 g/mol. The molecule has 2 rings (SSSR count). The molecule has 140 valence electrons. The maximum Gasteiger partial charge on any atom is 0.236 e. The number of nitrogens with zero attached hydrogens (tertiary/aromatic N) is 3. The lowest BCUT2D eigenvalue weighted by Crippen LogP contribution is -2.51. The quantitative estimate of drug-likeness (QED) is 0.717. The third kappa shape index (κ3) is 4.91. The van der Waals surface area contributed by atoms with Crippen molar-refractivity contribution in [1.82, 2.24) is 14.1 Å². The summed E-state index contributed by atoms with van der Waals surface area (Å²) < 4.78 is 31.1. The monoisotopic (exact) mass is 361 g/mol. The molecule has 0 atom stereocenters. The standard InChI is InChI=1S/C16H31N3O4S/c1-14(2)17(3)11-15(20)18-7-5-16(6-8-18)12-19(24(4,21)22)9-10-23-13-16/h14H,5-13H2,1-4H3. The summed E-state index contributed by atoms with van der Waals surface area (Å²) in [6, 6.07) is 0.337. The van der Waals surface area contributed by atoms with E-state index in [0.717, 1.165) is 12.8 Å². The number of hydrogen-bond acceptors (Lipinski definition) is 5. The second kappa shape index (κ2) is 7.68. The van der Waals surface area contributed by atoms with Gasteiger partial charge in [-0.1, -0.05) is 0 Å². The zero-order valence-corrected chi connectivity index (χ0v) is 16.1. The largest absolute Gasteiger partial charge is 0.379 e. The van der Waals surface area contributed by atoms with Crippen LogP contribution in [0.2, 0.25) is 0 Å². The lowest BCUT2D eigenvalue weighted by molar-refractivity contribution is -0.135. The Morgan fingerprint density at radius 1 is 1.25 bits per heavy atom. The summed E-state index contributed by atoms with van der Waals surface area (Å²) in [6.45, 7) is 7.85. The lowest BCUT2D eigenvalue weighted by Gasteiger charge is -2.42. The van der Waals surface area contributed by atoms with E-state index in [4.69, 9.17) is 4.74 Å². The molecule has 0 unspecified atom stereocenters. The van der Waals surface area contributed by atoms with Gasteiger partial charge in [0, 0.05) is 37.6 Å². The highest BCUT2D eigenvalue weighted by Gasteiger charge is 2.41. The summed E-state index contributed by atoms with van der Waals surface area (Å²) in [5.41, 5.74) is -0.166. The fourth-order valence-corrected chi connectivity index (χ4v) is 4.18. The van der Waals surface area contributed by atoms with E-state index < -0.39 is 10.0 Å². The summed E-state index contributed by atoms with van der Waals surface area (Å²) in [5, 5.41) is 0. The molecule has 2 aliphatic heterocycles. The van der Waals surface area contributed by atoms with Gasteiger partial charge in [-0.3, -0.25) is 9.69 Å². The van der Waals surface area contributed by atoms with Crippen molar-refractivity contribution in [3.63, 3.8) is 0 Å². The third-order valence-corrected chi connectivity index (χ3v) is 6.57. The van der Waals surface area contributed by atoms with Crippen LogP contribution in [0.25, 0.3) is 0 Å². The number of carbonyl (C=O) groups excluding carboxylic acids is 1. The molecule has 2 fully saturated rings. The zero-order valence-electron chi connectivity index (χ0n) is 15.3. The van der Waals surface area contributed by atoms with Crippen LogP contribution >= 0.6 is 0 Å². The predicted octanol–water partition coefficient (Wildman–Crippen LogP) is 0.227. The average Bonchev–Trinajstić information content (AvgIpc) is 2.70. The Kier molecular flexibility index (Phi) is 6.28. The molecule has 8 heteroatoms. The van der Waals surface area contributed by atoms with Crippen LogP contribution in [-0.4, -0.2) is 93.7 Å². The summed E-state index contributed by atoms with van der Waals surface area (Å²) >= 11 is 0. The Balaban J connectivity index is 1.96. The van der Waals surface area contributed by atoms with E-state index in [2.05, 4.69) is 13.8 Å². The van der Waals surface area contributed by atoms with Crippen LogP contribution in [0.1, 0.15) is 26.7 Å². The molecule has 1 amide bonds. The number of rotatable bonds is 4. The number of ether oxygens (including phenoxy) is 1. The zero-order chi connectivity index (χ0) is 18.0. The van der Waals surface area contributed by atoms with Gasteiger partial charge in [0.2, 0.25) is 15.9 Å². The van der Waals surface area contributed by atoms with Gasteiger partial charge in [0.25, 0.3) is 0 Å². The molecule has 0 aliphatic carbocycles. The van der Waals surface area contributed by atoms with Gasteiger partial charge in [-0.25, -0.2) is 8.42 Å². The van der Waals surface area contributed by atoms with Crippen LogP contribution in [-0.2, 0) is 19.6 Å². The maximum atomic E-state index is 12.4. The van der Waals surface area contributed by atoms with Crippen molar-refractivity contribution in [3.05, 3.63) is 0 Å². The summed E-state index contributed by atoms with van der Waals surface area (Å²) in [7, 11) is -1.26. The topological polar surface area (TPSA) is 70.2 Å². The number of likely N-dealkylation sites (tertiary alicyclic amines) is 1. The first-order valence-corrected chi connectivity index (χ1v) is 10.5. The number of likely N-dealkylation sites (N-methyl/N-ethyl adjacent to an activating group) is 1. The molecule has 0 N–H and O–H groups in total. The molecule has 2 saturated heterocycles. The van der Waals surface area contributed by atoms with Gasteiger partial charge < -0.3 is 9.64 Å². The van der Waals surface area contributed by atoms with E-state index in [1.807, 2.05) is 16.8 Å². The van der Waals surface area contributed by atoms with Gasteiger partial charge in [0.1, 0.15) is 0 Å². The van der Waals surface area contributed by atoms with Crippen molar-refractivity contribution in [2.24, 2.45) is 5.41 Å². The minimum atomic E-state index is -3.21. The first-order valence-electron chi connectivity index (χ1n) is 8.64. The Bertz CT molecular complexity index is 542. The molecule has 0 aromatic rings. The number of sulfonamides is 1. The van der Waals surface area contributed by atoms with Crippen LogP contribution in [0.4, 0.5) is 0 Å². The van der Waals surface area contributed by atoms with Crippen molar-refractivity contribution in [2.45, 2.75) is 32.7 Å². The van der Waals surface area contributed by atoms with Gasteiger partial charge in [0.05, 0.1) is 26.0 Å². The highest BCUT2D eigenvalue weighted by Crippen LogP contribution is 2.35. The molecule has 7 nitrogen and oxygen atoms in total. The van der Waals surface area contributed by atoms with Crippen molar-refractivity contribution < 1.29 is 17.9 Å². The molecule has 2 heterocycles. The predicted molar refractivity (Wildman–Crippen MR) is 93.2 cm³/mol. The SMILES string of the molecule is CC(C)N(C)CC(=O)N1CCC2(CC1)COCCN(S(C)(=O)=O)C2. The van der Waals surface area contributed by atoms with Crippen molar-refractivity contribution in [1.29, 1.82) is 0 Å². The van der Waals surface area contributed by atoms with Crippen molar-refractivity contribution in [3.8, 4) is 0 Å². The van der Waals surface area contributed by atoms with Crippen molar-refractivity contribution in [2.75, 3.05) is 59.2 Å². The minimum Gasteiger partial charge on any atom is -0.379 e. The molecule has 0 aromatic carbocycles. The van der Waals surface area contributed by atoms with Gasteiger partial charge in [-0.05, 0) is 33.7 Å². The Morgan fingerprint density at radius 2 is 1.88 bits per heavy atom. The lowest BCUT2D eigenvalue weighted by atomic mass is 9.79. The molecule has 2 aliphatic rings. The highest BCUT2D eigenvalue weighted by atomic mass is 32.2. The number of hydrogen-bond donors (Lipinski definition) is 0. The Morgan fingerprint density at radius 3 is 2.42 bits per heavy atom. The molecule has 0 aromatic heterocycles. The molecular weight excluding hydrogens is 330 g/mol. The van der Waals surface area contributed by atoms with Crippen molar-refractivity contribution >= 4 is 15.9 Å². The van der Waals surface area contributed by atoms with E-state index in [1.165, 1.54) is 10.6 Å². The first kappa shape index (κ1) is 19.6. The summed E-state index contributed by atoms with van der Waals surface area (Å²) in [5.74, 6) is 0.149. The van der Waals surface area contributed by atoms with E-state index in [0.29, 0.717) is 52.0 Å². The van der Waals surface area contributed by atoms with Crippen LogP contribution in [0, 0.1) is 5.41 Å². The van der Waals surface area contributed by atoms with Crippen LogP contribution < -0.4 is 0 Å². The molecule has 0 saturated carbocycles. The minimum absolute atomic E-state index is 0.149. The second-order valence-electron chi connectivity index (χ2n) is 7.54. The highest BCUT2D eigenvalue weighted by molar-refractivity contribution is 7.88. The molecular formula is C16H31N3O4S. The van der Waals surface area contributed by atoms with Crippen LogP contribution in [0.15, 0.2) is 0 Å². The summed E-state index contributed by atoms with van der Waals surface area (Å²) in [4.78, 5) is 16.4. The van der Waals surface area contributed by atoms with Gasteiger partial charge in [-0.15, -0.1) is 0 Å².